The third-order valence-electron chi connectivity index (χ3n) is 7.26. The molecule has 0 spiro atoms. The smallest absolute Gasteiger partial charge is 0.235 e. The highest BCUT2D eigenvalue weighted by Crippen LogP contribution is 2.45. The molecule has 3 heterocycles. The van der Waals surface area contributed by atoms with Crippen molar-refractivity contribution in [2.24, 2.45) is 4.99 Å². The van der Waals surface area contributed by atoms with Gasteiger partial charge in [-0.1, -0.05) is 97.1 Å². The molecule has 1 unspecified atom stereocenters. The summed E-state index contributed by atoms with van der Waals surface area (Å²) in [6.45, 7) is 0. The standard InChI is InChI=1S/C32H20N4/c1-2-10-20(11-3-1)29-25-14-5-8-16-27(25)34-32(35-29)36-28-17-9-6-13-22(28)24-19-18-23-21-12-4-7-15-26(21)33-30(23)31(24)36/h1-19,23H. The van der Waals surface area contributed by atoms with Crippen LogP contribution < -0.4 is 0 Å². The molecule has 1 aliphatic heterocycles. The molecule has 1 aliphatic carbocycles. The Hall–Kier alpha value is -4.83. The maximum absolute atomic E-state index is 5.21. The molecule has 0 saturated heterocycles. The fourth-order valence-electron chi connectivity index (χ4n) is 5.66. The van der Waals surface area contributed by atoms with Gasteiger partial charge in [-0.3, -0.25) is 4.57 Å². The summed E-state index contributed by atoms with van der Waals surface area (Å²) in [4.78, 5) is 15.4. The topological polar surface area (TPSA) is 43.1 Å². The largest absolute Gasteiger partial charge is 0.276 e. The zero-order valence-corrected chi connectivity index (χ0v) is 19.3. The minimum absolute atomic E-state index is 0.130. The number of hydrogen-bond donors (Lipinski definition) is 0. The third-order valence-corrected chi connectivity index (χ3v) is 7.26. The minimum Gasteiger partial charge on any atom is -0.276 e. The van der Waals surface area contributed by atoms with Crippen LogP contribution in [-0.2, 0) is 0 Å². The van der Waals surface area contributed by atoms with E-state index in [4.69, 9.17) is 15.0 Å². The van der Waals surface area contributed by atoms with Gasteiger partial charge < -0.3 is 0 Å². The summed E-state index contributed by atoms with van der Waals surface area (Å²) in [6, 6.07) is 35.5. The molecule has 0 radical (unpaired) electrons. The molecule has 0 fully saturated rings. The van der Waals surface area contributed by atoms with Gasteiger partial charge in [0.1, 0.15) is 0 Å². The van der Waals surface area contributed by atoms with Crippen LogP contribution in [0.4, 0.5) is 5.69 Å². The van der Waals surface area contributed by atoms with Crippen LogP contribution >= 0.6 is 0 Å². The Bertz CT molecular complexity index is 1890. The van der Waals surface area contributed by atoms with Gasteiger partial charge in [-0.2, -0.15) is 0 Å². The van der Waals surface area contributed by atoms with E-state index in [-0.39, 0.29) is 5.92 Å². The van der Waals surface area contributed by atoms with Gasteiger partial charge in [0.05, 0.1) is 33.8 Å². The van der Waals surface area contributed by atoms with E-state index < -0.39 is 0 Å². The van der Waals surface area contributed by atoms with Crippen molar-refractivity contribution in [1.29, 1.82) is 0 Å². The lowest BCUT2D eigenvalue weighted by molar-refractivity contribution is 0.962. The average molecular weight is 461 g/mol. The van der Waals surface area contributed by atoms with E-state index in [1.807, 2.05) is 18.2 Å². The zero-order valence-electron chi connectivity index (χ0n) is 19.3. The van der Waals surface area contributed by atoms with Gasteiger partial charge in [0, 0.05) is 27.8 Å². The molecule has 6 aromatic rings. The van der Waals surface area contributed by atoms with E-state index in [0.717, 1.165) is 44.8 Å². The predicted octanol–water partition coefficient (Wildman–Crippen LogP) is 7.49. The Labute approximate surface area is 207 Å². The van der Waals surface area contributed by atoms with Crippen molar-refractivity contribution in [3.63, 3.8) is 0 Å². The molecule has 0 saturated carbocycles. The zero-order chi connectivity index (χ0) is 23.6. The van der Waals surface area contributed by atoms with Crippen molar-refractivity contribution in [1.82, 2.24) is 14.5 Å². The lowest BCUT2D eigenvalue weighted by Crippen LogP contribution is -2.18. The molecule has 2 aliphatic rings. The summed E-state index contributed by atoms with van der Waals surface area (Å²) in [5.41, 5.74) is 9.61. The number of hydrogen-bond acceptors (Lipinski definition) is 3. The SMILES string of the molecule is C1=CC2C(=Nc3ccccc32)c2c1c1ccccc1n2-c1nc(-c2ccccc2)c2ccccc2n1. The first-order chi connectivity index (χ1) is 17.9. The lowest BCUT2D eigenvalue weighted by atomic mass is 9.87. The molecular weight excluding hydrogens is 440 g/mol. The minimum atomic E-state index is 0.130. The van der Waals surface area contributed by atoms with Gasteiger partial charge in [0.2, 0.25) is 5.95 Å². The second-order valence-electron chi connectivity index (χ2n) is 9.26. The van der Waals surface area contributed by atoms with Crippen LogP contribution in [0.3, 0.4) is 0 Å². The van der Waals surface area contributed by atoms with E-state index in [1.165, 1.54) is 16.5 Å². The monoisotopic (exact) mass is 460 g/mol. The maximum atomic E-state index is 5.21. The normalized spacial score (nSPS) is 15.6. The Balaban J connectivity index is 1.47. The first-order valence-corrected chi connectivity index (χ1v) is 12.2. The molecule has 8 rings (SSSR count). The molecule has 4 aromatic carbocycles. The number of para-hydroxylation sites is 3. The van der Waals surface area contributed by atoms with Crippen LogP contribution in [0.15, 0.2) is 114 Å². The molecule has 4 nitrogen and oxygen atoms in total. The molecular formula is C32H20N4. The van der Waals surface area contributed by atoms with Crippen LogP contribution in [0, 0.1) is 0 Å². The molecule has 0 bridgehead atoms. The van der Waals surface area contributed by atoms with Crippen molar-refractivity contribution >= 4 is 39.3 Å². The van der Waals surface area contributed by atoms with E-state index in [9.17, 15) is 0 Å². The van der Waals surface area contributed by atoms with Gasteiger partial charge >= 0.3 is 0 Å². The fraction of sp³-hybridized carbons (Fsp3) is 0.0312. The van der Waals surface area contributed by atoms with E-state index in [1.54, 1.807) is 0 Å². The highest BCUT2D eigenvalue weighted by molar-refractivity contribution is 6.18. The number of benzene rings is 4. The summed E-state index contributed by atoms with van der Waals surface area (Å²) < 4.78 is 2.21. The predicted molar refractivity (Wildman–Crippen MR) is 146 cm³/mol. The number of aromatic nitrogens is 3. The molecule has 0 amide bonds. The summed E-state index contributed by atoms with van der Waals surface area (Å²) in [5.74, 6) is 0.795. The first-order valence-electron chi connectivity index (χ1n) is 12.2. The van der Waals surface area contributed by atoms with Crippen LogP contribution in [0.5, 0.6) is 0 Å². The Kier molecular flexibility index (Phi) is 3.97. The summed E-state index contributed by atoms with van der Waals surface area (Å²) in [7, 11) is 0. The highest BCUT2D eigenvalue weighted by Gasteiger charge is 2.34. The quantitative estimate of drug-likeness (QED) is 0.269. The average Bonchev–Trinajstić information content (AvgIpc) is 3.49. The second kappa shape index (κ2) is 7.33. The number of rotatable bonds is 2. The fourth-order valence-corrected chi connectivity index (χ4v) is 5.66. The molecule has 1 atom stereocenters. The Morgan fingerprint density at radius 1 is 0.667 bits per heavy atom. The number of allylic oxidation sites excluding steroid dienone is 1. The van der Waals surface area contributed by atoms with Gasteiger partial charge in [-0.05, 0) is 23.8 Å². The van der Waals surface area contributed by atoms with Gasteiger partial charge in [0.25, 0.3) is 0 Å². The maximum Gasteiger partial charge on any atom is 0.235 e. The number of aliphatic imine (C=N–C) groups is 1. The second-order valence-corrected chi connectivity index (χ2v) is 9.26. The van der Waals surface area contributed by atoms with Crippen LogP contribution in [0.2, 0.25) is 0 Å². The van der Waals surface area contributed by atoms with E-state index >= 15 is 0 Å². The Morgan fingerprint density at radius 3 is 2.33 bits per heavy atom. The van der Waals surface area contributed by atoms with E-state index in [2.05, 4.69) is 102 Å². The van der Waals surface area contributed by atoms with Crippen molar-refractivity contribution in [3.8, 4) is 17.2 Å². The van der Waals surface area contributed by atoms with Crippen LogP contribution in [-0.4, -0.2) is 20.2 Å². The van der Waals surface area contributed by atoms with Gasteiger partial charge in [-0.25, -0.2) is 15.0 Å². The number of fused-ring (bicyclic) bond motifs is 8. The van der Waals surface area contributed by atoms with Gasteiger partial charge in [-0.15, -0.1) is 0 Å². The highest BCUT2D eigenvalue weighted by atomic mass is 15.2. The lowest BCUT2D eigenvalue weighted by Gasteiger charge is -2.19. The first kappa shape index (κ1) is 19.5. The van der Waals surface area contributed by atoms with E-state index in [0.29, 0.717) is 5.95 Å². The third kappa shape index (κ3) is 2.67. The molecule has 168 valence electrons. The van der Waals surface area contributed by atoms with Crippen molar-refractivity contribution in [2.45, 2.75) is 5.92 Å². The van der Waals surface area contributed by atoms with Crippen LogP contribution in [0.1, 0.15) is 22.7 Å². The molecule has 36 heavy (non-hydrogen) atoms. The Morgan fingerprint density at radius 2 is 1.42 bits per heavy atom. The molecule has 2 aromatic heterocycles. The number of nitrogens with zero attached hydrogens (tertiary/aromatic N) is 4. The van der Waals surface area contributed by atoms with Crippen LogP contribution in [0.25, 0.3) is 45.1 Å². The summed E-state index contributed by atoms with van der Waals surface area (Å²) in [5, 5.41) is 2.22. The van der Waals surface area contributed by atoms with Crippen molar-refractivity contribution < 1.29 is 0 Å². The molecule has 0 N–H and O–H groups in total. The molecule has 4 heteroatoms. The summed E-state index contributed by atoms with van der Waals surface area (Å²) in [6.07, 6.45) is 4.53. The van der Waals surface area contributed by atoms with Crippen molar-refractivity contribution in [2.75, 3.05) is 0 Å². The summed E-state index contributed by atoms with van der Waals surface area (Å²) >= 11 is 0. The van der Waals surface area contributed by atoms with Crippen molar-refractivity contribution in [3.05, 3.63) is 126 Å². The van der Waals surface area contributed by atoms with Gasteiger partial charge in [0.15, 0.2) is 0 Å².